The van der Waals surface area contributed by atoms with Crippen LogP contribution in [-0.4, -0.2) is 6.17 Å². The minimum absolute atomic E-state index is 0.255. The number of aryl methyl sites for hydroxylation is 3. The molecular weight excluding hydrogens is 381 g/mol. The third-order valence-corrected chi connectivity index (χ3v) is 5.46. The lowest BCUT2D eigenvalue weighted by atomic mass is 9.90. The molecule has 2 atom stereocenters. The highest BCUT2D eigenvalue weighted by molar-refractivity contribution is 5.64. The van der Waals surface area contributed by atoms with Crippen LogP contribution in [0.5, 0.6) is 0 Å². The first-order valence-corrected chi connectivity index (χ1v) is 11.5. The Morgan fingerprint density at radius 3 is 2.35 bits per heavy atom. The summed E-state index contributed by atoms with van der Waals surface area (Å²) in [6.45, 7) is 20.2. The van der Waals surface area contributed by atoms with Gasteiger partial charge in [0.25, 0.3) is 0 Å². The maximum Gasteiger partial charge on any atom is 0.0945 e. The van der Waals surface area contributed by atoms with Crippen LogP contribution in [0.1, 0.15) is 81.8 Å². The molecule has 1 nitrogen and oxygen atoms in total. The molecule has 2 heteroatoms. The minimum atomic E-state index is -0.667. The minimum Gasteiger partial charge on any atom is -0.338 e. The number of terminal acetylenes is 1. The van der Waals surface area contributed by atoms with Crippen LogP contribution in [0.25, 0.3) is 0 Å². The highest BCUT2D eigenvalue weighted by Crippen LogP contribution is 2.47. The summed E-state index contributed by atoms with van der Waals surface area (Å²) in [5.74, 6) is 3.36. The second kappa shape index (κ2) is 12.4. The van der Waals surface area contributed by atoms with Gasteiger partial charge in [-0.3, -0.25) is 0 Å². The Morgan fingerprint density at radius 1 is 1.19 bits per heavy atom. The average molecular weight is 422 g/mol. The standard InChI is InChI=1S/C24H27N.C3H7F.C2H6/c1-7-20-10-9-11-21(8-2)24(20)23-15-18(5)19(6)25(23)22-14-16(3)12-13-17(22)4;1-3(2)4;1-2/h1,9-14,18,23H,6,8,15H2,2-5H3;3H,1-2H3;1-2H3. The van der Waals surface area contributed by atoms with Crippen molar-refractivity contribution in [2.75, 3.05) is 4.90 Å². The first kappa shape index (κ1) is 26.5. The predicted octanol–water partition coefficient (Wildman–Crippen LogP) is 8.34. The summed E-state index contributed by atoms with van der Waals surface area (Å²) in [4.78, 5) is 2.43. The van der Waals surface area contributed by atoms with Gasteiger partial charge < -0.3 is 4.90 Å². The fraction of sp³-hybridized carbons (Fsp3) is 0.448. The molecule has 1 aliphatic rings. The van der Waals surface area contributed by atoms with Crippen LogP contribution in [0.2, 0.25) is 0 Å². The van der Waals surface area contributed by atoms with Gasteiger partial charge in [-0.1, -0.05) is 64.5 Å². The molecule has 1 saturated heterocycles. The fourth-order valence-corrected chi connectivity index (χ4v) is 4.00. The van der Waals surface area contributed by atoms with Crippen LogP contribution in [0.4, 0.5) is 10.1 Å². The number of benzene rings is 2. The molecule has 0 aromatic heterocycles. The SMILES string of the molecule is C#Cc1cccc(CC)c1C1CC(C)C(=C)N1c1cc(C)ccc1C.CC.CC(C)F. The quantitative estimate of drug-likeness (QED) is 0.450. The van der Waals surface area contributed by atoms with Crippen LogP contribution in [0.3, 0.4) is 0 Å². The molecule has 31 heavy (non-hydrogen) atoms. The van der Waals surface area contributed by atoms with E-state index in [1.807, 2.05) is 13.8 Å². The third kappa shape index (κ3) is 6.47. The summed E-state index contributed by atoms with van der Waals surface area (Å²) < 4.78 is 11.0. The predicted molar refractivity (Wildman–Crippen MR) is 135 cm³/mol. The largest absolute Gasteiger partial charge is 0.338 e. The number of allylic oxidation sites excluding steroid dienone is 1. The van der Waals surface area contributed by atoms with Crippen LogP contribution >= 0.6 is 0 Å². The highest BCUT2D eigenvalue weighted by atomic mass is 19.1. The fourth-order valence-electron chi connectivity index (χ4n) is 4.00. The van der Waals surface area contributed by atoms with E-state index < -0.39 is 6.17 Å². The van der Waals surface area contributed by atoms with Crippen LogP contribution < -0.4 is 4.90 Å². The molecule has 3 rings (SSSR count). The van der Waals surface area contributed by atoms with Gasteiger partial charge >= 0.3 is 0 Å². The van der Waals surface area contributed by atoms with E-state index in [1.165, 1.54) is 47.5 Å². The summed E-state index contributed by atoms with van der Waals surface area (Å²) in [5.41, 5.74) is 8.66. The molecule has 2 aromatic rings. The molecule has 0 radical (unpaired) electrons. The Kier molecular flexibility index (Phi) is 10.6. The van der Waals surface area contributed by atoms with Crippen molar-refractivity contribution in [2.45, 2.75) is 80.4 Å². The van der Waals surface area contributed by atoms with Crippen molar-refractivity contribution in [3.8, 4) is 12.3 Å². The number of anilines is 1. The Balaban J connectivity index is 0.000000720. The van der Waals surface area contributed by atoms with Crippen molar-refractivity contribution < 1.29 is 4.39 Å². The van der Waals surface area contributed by atoms with E-state index in [1.54, 1.807) is 0 Å². The first-order valence-electron chi connectivity index (χ1n) is 11.5. The van der Waals surface area contributed by atoms with Gasteiger partial charge in [0.2, 0.25) is 0 Å². The lowest BCUT2D eigenvalue weighted by Gasteiger charge is -2.32. The van der Waals surface area contributed by atoms with Crippen molar-refractivity contribution in [3.05, 3.63) is 76.5 Å². The Hall–Kier alpha value is -2.53. The molecule has 0 amide bonds. The molecule has 1 heterocycles. The van der Waals surface area contributed by atoms with Gasteiger partial charge in [-0.2, -0.15) is 0 Å². The number of alkyl halides is 1. The number of nitrogens with zero attached hydrogens (tertiary/aromatic N) is 1. The van der Waals surface area contributed by atoms with Gasteiger partial charge in [0, 0.05) is 16.9 Å². The van der Waals surface area contributed by atoms with Crippen molar-refractivity contribution in [2.24, 2.45) is 5.92 Å². The molecule has 0 aliphatic carbocycles. The lowest BCUT2D eigenvalue weighted by Crippen LogP contribution is -2.24. The molecule has 0 bridgehead atoms. The zero-order chi connectivity index (χ0) is 23.7. The van der Waals surface area contributed by atoms with E-state index in [2.05, 4.69) is 81.5 Å². The van der Waals surface area contributed by atoms with Gasteiger partial charge in [0.05, 0.1) is 12.2 Å². The first-order chi connectivity index (χ1) is 14.7. The highest BCUT2D eigenvalue weighted by Gasteiger charge is 2.37. The summed E-state index contributed by atoms with van der Waals surface area (Å²) in [7, 11) is 0. The second-order valence-electron chi connectivity index (χ2n) is 8.19. The van der Waals surface area contributed by atoms with Crippen LogP contribution in [0, 0.1) is 32.1 Å². The number of rotatable bonds is 3. The van der Waals surface area contributed by atoms with Crippen LogP contribution in [0.15, 0.2) is 48.7 Å². The number of halogens is 1. The molecule has 168 valence electrons. The van der Waals surface area contributed by atoms with Crippen molar-refractivity contribution >= 4 is 5.69 Å². The van der Waals surface area contributed by atoms with Gasteiger partial charge in [-0.15, -0.1) is 6.42 Å². The maximum atomic E-state index is 11.0. The average Bonchev–Trinajstić information content (AvgIpc) is 3.04. The summed E-state index contributed by atoms with van der Waals surface area (Å²) in [6.07, 6.45) is 7.23. The van der Waals surface area contributed by atoms with E-state index in [-0.39, 0.29) is 6.04 Å². The van der Waals surface area contributed by atoms with Crippen molar-refractivity contribution in [1.82, 2.24) is 0 Å². The Morgan fingerprint density at radius 2 is 1.81 bits per heavy atom. The Bertz CT molecular complexity index is 901. The van der Waals surface area contributed by atoms with Gasteiger partial charge in [-0.25, -0.2) is 4.39 Å². The molecule has 0 N–H and O–H groups in total. The molecule has 2 aromatic carbocycles. The molecule has 0 spiro atoms. The zero-order valence-electron chi connectivity index (χ0n) is 20.7. The lowest BCUT2D eigenvalue weighted by molar-refractivity contribution is 0.391. The molecule has 1 aliphatic heterocycles. The summed E-state index contributed by atoms with van der Waals surface area (Å²) >= 11 is 0. The third-order valence-electron chi connectivity index (χ3n) is 5.46. The van der Waals surface area contributed by atoms with E-state index in [4.69, 9.17) is 6.42 Å². The van der Waals surface area contributed by atoms with Crippen LogP contribution in [-0.2, 0) is 6.42 Å². The second-order valence-corrected chi connectivity index (χ2v) is 8.19. The van der Waals surface area contributed by atoms with E-state index in [0.717, 1.165) is 18.4 Å². The van der Waals surface area contributed by atoms with Crippen molar-refractivity contribution in [1.29, 1.82) is 0 Å². The number of hydrogen-bond donors (Lipinski definition) is 0. The topological polar surface area (TPSA) is 3.24 Å². The monoisotopic (exact) mass is 421 g/mol. The van der Waals surface area contributed by atoms with E-state index in [0.29, 0.717) is 5.92 Å². The molecule has 1 fully saturated rings. The van der Waals surface area contributed by atoms with Crippen molar-refractivity contribution in [3.63, 3.8) is 0 Å². The maximum absolute atomic E-state index is 11.0. The van der Waals surface area contributed by atoms with E-state index in [9.17, 15) is 4.39 Å². The summed E-state index contributed by atoms with van der Waals surface area (Å²) in [6, 6.07) is 13.3. The molecule has 0 saturated carbocycles. The number of hydrogen-bond acceptors (Lipinski definition) is 1. The summed E-state index contributed by atoms with van der Waals surface area (Å²) in [5, 5.41) is 0. The molecule has 2 unspecified atom stereocenters. The van der Waals surface area contributed by atoms with Gasteiger partial charge in [0.15, 0.2) is 0 Å². The zero-order valence-corrected chi connectivity index (χ0v) is 20.7. The normalized spacial score (nSPS) is 17.5. The van der Waals surface area contributed by atoms with Gasteiger partial charge in [0.1, 0.15) is 0 Å². The Labute approximate surface area is 190 Å². The molecular formula is C29H40FN. The van der Waals surface area contributed by atoms with Gasteiger partial charge in [-0.05, 0) is 80.8 Å². The smallest absolute Gasteiger partial charge is 0.0945 e. The van der Waals surface area contributed by atoms with E-state index >= 15 is 0 Å².